The van der Waals surface area contributed by atoms with Crippen LogP contribution in [0.5, 0.6) is 0 Å². The summed E-state index contributed by atoms with van der Waals surface area (Å²) in [7, 11) is 0. The lowest BCUT2D eigenvalue weighted by atomic mass is 10.0. The Morgan fingerprint density at radius 2 is 0.788 bits per heavy atom. The number of allylic oxidation sites excluding steroid dienone is 4. The molecule has 0 aliphatic rings. The number of unbranched alkanes of at least 4 members (excludes halogenated alkanes) is 40. The molecule has 0 fully saturated rings. The van der Waals surface area contributed by atoms with Gasteiger partial charge >= 0.3 is 5.97 Å². The third kappa shape index (κ3) is 51.7. The third-order valence-corrected chi connectivity index (χ3v) is 13.7. The average Bonchev–Trinajstić information content (AvgIpc) is 3.32. The summed E-state index contributed by atoms with van der Waals surface area (Å²) in [5.74, 6) is -0.0552. The second kappa shape index (κ2) is 55.9. The largest absolute Gasteiger partial charge is 0.466 e. The minimum absolute atomic E-state index is 0.0140. The second-order valence-corrected chi connectivity index (χ2v) is 20.3. The summed E-state index contributed by atoms with van der Waals surface area (Å²) in [6.45, 7) is 4.88. The maximum atomic E-state index is 12.5. The molecule has 2 atom stereocenters. The lowest BCUT2D eigenvalue weighted by Crippen LogP contribution is -2.45. The minimum atomic E-state index is -0.671. The van der Waals surface area contributed by atoms with Gasteiger partial charge in [-0.3, -0.25) is 9.59 Å². The molecule has 0 aromatic heterocycles. The normalized spacial score (nSPS) is 12.7. The highest BCUT2D eigenvalue weighted by Gasteiger charge is 2.20. The number of carbonyl (C=O) groups excluding carboxylic acids is 2. The van der Waals surface area contributed by atoms with Gasteiger partial charge in [-0.15, -0.1) is 0 Å². The van der Waals surface area contributed by atoms with Crippen LogP contribution in [-0.4, -0.2) is 47.4 Å². The van der Waals surface area contributed by atoms with Crippen molar-refractivity contribution in [2.24, 2.45) is 0 Å². The molecule has 0 spiro atoms. The summed E-state index contributed by atoms with van der Waals surface area (Å²) < 4.78 is 5.46. The quantitative estimate of drug-likeness (QED) is 0.0321. The molecule has 0 saturated carbocycles. The lowest BCUT2D eigenvalue weighted by molar-refractivity contribution is -0.143. The molecule has 0 radical (unpaired) electrons. The molecule has 66 heavy (non-hydrogen) atoms. The summed E-state index contributed by atoms with van der Waals surface area (Å²) in [6.07, 6.45) is 67.4. The SMILES string of the molecule is CCC/C=C\C/C=C\CCCCCCCC(=O)OCCCCCCCCCCCCCCCCCC(=O)NC(CO)C(O)CCCCCCCCCCCCCCCCCCCCCCC. The highest BCUT2D eigenvalue weighted by Crippen LogP contribution is 2.18. The fraction of sp³-hybridized carbons (Fsp3) is 0.900. The van der Waals surface area contributed by atoms with Crippen LogP contribution < -0.4 is 5.32 Å². The van der Waals surface area contributed by atoms with Crippen LogP contribution in [-0.2, 0) is 14.3 Å². The van der Waals surface area contributed by atoms with Gasteiger partial charge in [-0.1, -0.05) is 282 Å². The standard InChI is InChI=1S/C60H115NO5/c1-3-5-7-9-11-13-15-17-18-19-20-21-22-23-25-29-32-36-40-44-48-52-58(63)57(56-62)61-59(64)53-49-45-41-37-33-30-26-24-27-31-35-39-43-47-51-55-66-60(65)54-50-46-42-38-34-28-16-14-12-10-8-6-4-2/h8,10,14,16,57-58,62-63H,3-7,9,11-13,15,17-56H2,1-2H3,(H,61,64)/b10-8-,16-14-. The van der Waals surface area contributed by atoms with E-state index in [1.54, 1.807) is 0 Å². The van der Waals surface area contributed by atoms with Crippen LogP contribution in [0.25, 0.3) is 0 Å². The Balaban J connectivity index is 3.44. The van der Waals surface area contributed by atoms with Crippen molar-refractivity contribution in [2.75, 3.05) is 13.2 Å². The number of rotatable bonds is 55. The predicted octanol–water partition coefficient (Wildman–Crippen LogP) is 18.2. The first-order valence-electron chi connectivity index (χ1n) is 29.6. The zero-order valence-electron chi connectivity index (χ0n) is 44.4. The fourth-order valence-corrected chi connectivity index (χ4v) is 9.21. The first-order valence-corrected chi connectivity index (χ1v) is 29.6. The van der Waals surface area contributed by atoms with Gasteiger partial charge in [0.25, 0.3) is 0 Å². The van der Waals surface area contributed by atoms with Gasteiger partial charge in [0.2, 0.25) is 5.91 Å². The van der Waals surface area contributed by atoms with Crippen LogP contribution in [0.2, 0.25) is 0 Å². The van der Waals surface area contributed by atoms with Crippen molar-refractivity contribution in [3.63, 3.8) is 0 Å². The molecule has 0 rings (SSSR count). The highest BCUT2D eigenvalue weighted by atomic mass is 16.5. The molecule has 390 valence electrons. The summed E-state index contributed by atoms with van der Waals surface area (Å²) in [6, 6.07) is -0.549. The van der Waals surface area contributed by atoms with E-state index in [-0.39, 0.29) is 18.5 Å². The number of hydrogen-bond donors (Lipinski definition) is 3. The molecule has 1 amide bonds. The first kappa shape index (κ1) is 64.3. The summed E-state index contributed by atoms with van der Waals surface area (Å²) in [5, 5.41) is 23.3. The van der Waals surface area contributed by atoms with Crippen LogP contribution >= 0.6 is 0 Å². The second-order valence-electron chi connectivity index (χ2n) is 20.3. The summed E-state index contributed by atoms with van der Waals surface area (Å²) in [5.41, 5.74) is 0. The Hall–Kier alpha value is -1.66. The smallest absolute Gasteiger partial charge is 0.305 e. The van der Waals surface area contributed by atoms with Crippen molar-refractivity contribution in [3.05, 3.63) is 24.3 Å². The highest BCUT2D eigenvalue weighted by molar-refractivity contribution is 5.76. The van der Waals surface area contributed by atoms with E-state index in [9.17, 15) is 19.8 Å². The molecule has 0 bridgehead atoms. The number of carbonyl (C=O) groups is 2. The van der Waals surface area contributed by atoms with E-state index >= 15 is 0 Å². The number of nitrogens with one attached hydrogen (secondary N) is 1. The maximum Gasteiger partial charge on any atom is 0.305 e. The number of aliphatic hydroxyl groups excluding tert-OH is 2. The maximum absolute atomic E-state index is 12.5. The average molecular weight is 931 g/mol. The molecule has 0 aromatic carbocycles. The first-order chi connectivity index (χ1) is 32.5. The lowest BCUT2D eigenvalue weighted by Gasteiger charge is -2.22. The van der Waals surface area contributed by atoms with Gasteiger partial charge in [-0.05, 0) is 51.4 Å². The number of amides is 1. The van der Waals surface area contributed by atoms with Gasteiger partial charge < -0.3 is 20.3 Å². The van der Waals surface area contributed by atoms with Crippen molar-refractivity contribution < 1.29 is 24.5 Å². The molecular formula is C60H115NO5. The van der Waals surface area contributed by atoms with Gasteiger partial charge in [0.1, 0.15) is 0 Å². The molecule has 6 nitrogen and oxygen atoms in total. The van der Waals surface area contributed by atoms with Crippen LogP contribution in [0.1, 0.15) is 322 Å². The van der Waals surface area contributed by atoms with E-state index in [4.69, 9.17) is 4.74 Å². The third-order valence-electron chi connectivity index (χ3n) is 13.7. The van der Waals surface area contributed by atoms with E-state index in [0.29, 0.717) is 25.9 Å². The van der Waals surface area contributed by atoms with Gasteiger partial charge in [0.05, 0.1) is 25.4 Å². The Labute approximate surface area is 411 Å². The number of ether oxygens (including phenoxy) is 1. The molecule has 0 aromatic rings. The van der Waals surface area contributed by atoms with Gasteiger partial charge in [-0.2, -0.15) is 0 Å². The Kier molecular flexibility index (Phi) is 54.5. The molecule has 3 N–H and O–H groups in total. The van der Waals surface area contributed by atoms with E-state index in [1.165, 1.54) is 231 Å². The van der Waals surface area contributed by atoms with E-state index in [0.717, 1.165) is 57.8 Å². The molecular weight excluding hydrogens is 815 g/mol. The van der Waals surface area contributed by atoms with Crippen LogP contribution in [0, 0.1) is 0 Å². The molecule has 0 heterocycles. The molecule has 0 saturated heterocycles. The van der Waals surface area contributed by atoms with Gasteiger partial charge in [0, 0.05) is 12.8 Å². The van der Waals surface area contributed by atoms with Crippen molar-refractivity contribution in [1.29, 1.82) is 0 Å². The Morgan fingerprint density at radius 3 is 1.21 bits per heavy atom. The van der Waals surface area contributed by atoms with Crippen molar-refractivity contribution in [1.82, 2.24) is 5.32 Å². The van der Waals surface area contributed by atoms with Gasteiger partial charge in [0.15, 0.2) is 0 Å². The Morgan fingerprint density at radius 1 is 0.424 bits per heavy atom. The number of hydrogen-bond acceptors (Lipinski definition) is 5. The molecule has 2 unspecified atom stereocenters. The van der Waals surface area contributed by atoms with Crippen LogP contribution in [0.4, 0.5) is 0 Å². The Bertz CT molecular complexity index is 1030. The van der Waals surface area contributed by atoms with Crippen molar-refractivity contribution >= 4 is 11.9 Å². The van der Waals surface area contributed by atoms with E-state index in [2.05, 4.69) is 43.5 Å². The monoisotopic (exact) mass is 930 g/mol. The molecule has 0 aliphatic heterocycles. The van der Waals surface area contributed by atoms with E-state index in [1.807, 2.05) is 0 Å². The number of aliphatic hydroxyl groups is 2. The fourth-order valence-electron chi connectivity index (χ4n) is 9.21. The molecule has 6 heteroatoms. The topological polar surface area (TPSA) is 95.9 Å². The zero-order valence-corrected chi connectivity index (χ0v) is 44.4. The van der Waals surface area contributed by atoms with Crippen LogP contribution in [0.15, 0.2) is 24.3 Å². The van der Waals surface area contributed by atoms with Crippen molar-refractivity contribution in [2.45, 2.75) is 334 Å². The van der Waals surface area contributed by atoms with Crippen LogP contribution in [0.3, 0.4) is 0 Å². The minimum Gasteiger partial charge on any atom is -0.466 e. The van der Waals surface area contributed by atoms with Crippen molar-refractivity contribution in [3.8, 4) is 0 Å². The summed E-state index contributed by atoms with van der Waals surface area (Å²) >= 11 is 0. The molecule has 0 aliphatic carbocycles. The number of esters is 1. The predicted molar refractivity (Wildman–Crippen MR) is 287 cm³/mol. The van der Waals surface area contributed by atoms with Gasteiger partial charge in [-0.25, -0.2) is 0 Å². The summed E-state index contributed by atoms with van der Waals surface area (Å²) in [4.78, 5) is 24.5. The van der Waals surface area contributed by atoms with E-state index < -0.39 is 12.1 Å². The zero-order chi connectivity index (χ0) is 47.9.